The van der Waals surface area contributed by atoms with Crippen LogP contribution in [0.1, 0.15) is 91.0 Å². The van der Waals surface area contributed by atoms with Gasteiger partial charge in [0.2, 0.25) is 0 Å². The molecule has 1 amide bonds. The predicted molar refractivity (Wildman–Crippen MR) is 157 cm³/mol. The number of benzene rings is 1. The van der Waals surface area contributed by atoms with Crippen molar-refractivity contribution in [2.75, 3.05) is 17.6 Å². The molecule has 0 aliphatic rings. The third kappa shape index (κ3) is 6.17. The van der Waals surface area contributed by atoms with Crippen molar-refractivity contribution >= 4 is 28.7 Å². The monoisotopic (exact) mass is 526 g/mol. The molecule has 5 N–H and O–H groups in total. The number of carbonyl (C=O) groups is 2. The number of amides is 1. The highest BCUT2D eigenvalue weighted by Gasteiger charge is 2.22. The van der Waals surface area contributed by atoms with Crippen LogP contribution in [0.15, 0.2) is 54.7 Å². The van der Waals surface area contributed by atoms with Crippen LogP contribution in [-0.2, 0) is 6.42 Å². The van der Waals surface area contributed by atoms with Gasteiger partial charge in [-0.05, 0) is 74.0 Å². The molecule has 1 unspecified atom stereocenters. The Balaban J connectivity index is 1.67. The summed E-state index contributed by atoms with van der Waals surface area (Å²) in [6, 6.07) is 14.8. The maximum atomic E-state index is 13.0. The average molecular weight is 527 g/mol. The molecular weight excluding hydrogens is 488 g/mol. The Bertz CT molecular complexity index is 1460. The average Bonchev–Trinajstić information content (AvgIpc) is 3.35. The molecule has 0 fully saturated rings. The van der Waals surface area contributed by atoms with E-state index in [1.54, 1.807) is 22.6 Å². The summed E-state index contributed by atoms with van der Waals surface area (Å²) in [4.78, 5) is 35.3. The number of imidazole rings is 1. The molecule has 1 aromatic carbocycles. The second kappa shape index (κ2) is 12.7. The fourth-order valence-electron chi connectivity index (χ4n) is 4.65. The quantitative estimate of drug-likeness (QED) is 0.194. The highest BCUT2D eigenvalue weighted by atomic mass is 16.1. The van der Waals surface area contributed by atoms with Crippen molar-refractivity contribution in [2.45, 2.75) is 65.2 Å². The molecule has 0 aliphatic carbocycles. The molecule has 4 aromatic rings. The summed E-state index contributed by atoms with van der Waals surface area (Å²) in [5, 5.41) is 2.89. The van der Waals surface area contributed by atoms with Gasteiger partial charge in [0, 0.05) is 29.4 Å². The van der Waals surface area contributed by atoms with Gasteiger partial charge in [-0.25, -0.2) is 9.97 Å². The number of rotatable bonds is 12. The highest BCUT2D eigenvalue weighted by Crippen LogP contribution is 2.35. The van der Waals surface area contributed by atoms with Crippen LogP contribution in [0, 0.1) is 0 Å². The molecule has 0 radical (unpaired) electrons. The topological polar surface area (TPSA) is 128 Å². The van der Waals surface area contributed by atoms with Crippen molar-refractivity contribution < 1.29 is 9.59 Å². The lowest BCUT2D eigenvalue weighted by molar-refractivity contribution is 0.0969. The molecule has 8 heteroatoms. The first-order valence-electron chi connectivity index (χ1n) is 13.8. The van der Waals surface area contributed by atoms with E-state index < -0.39 is 0 Å². The van der Waals surface area contributed by atoms with Crippen LogP contribution in [-0.4, -0.2) is 32.6 Å². The zero-order chi connectivity index (χ0) is 27.9. The number of hydrogen-bond acceptors (Lipinski definition) is 6. The first-order chi connectivity index (χ1) is 18.9. The van der Waals surface area contributed by atoms with Crippen LogP contribution in [0.5, 0.6) is 0 Å². The van der Waals surface area contributed by atoms with E-state index >= 15 is 0 Å². The number of ketones is 1. The Hall–Kier alpha value is -4.04. The van der Waals surface area contributed by atoms with Crippen LogP contribution in [0.4, 0.5) is 11.5 Å². The molecule has 0 bridgehead atoms. The van der Waals surface area contributed by atoms with Crippen molar-refractivity contribution in [3.05, 3.63) is 77.4 Å². The van der Waals surface area contributed by atoms with Gasteiger partial charge in [-0.2, -0.15) is 0 Å². The number of nitrogens with zero attached hydrogens (tertiary/aromatic N) is 3. The number of nitrogen functional groups attached to an aromatic ring is 1. The zero-order valence-electron chi connectivity index (χ0n) is 23.0. The third-order valence-corrected chi connectivity index (χ3v) is 7.14. The molecule has 204 valence electrons. The number of unbranched alkanes of at least 4 members (excludes halogenated alkanes) is 1. The van der Waals surface area contributed by atoms with Crippen molar-refractivity contribution in [1.82, 2.24) is 14.4 Å². The van der Waals surface area contributed by atoms with Gasteiger partial charge in [0.05, 0.1) is 16.9 Å². The normalized spacial score (nSPS) is 12.0. The second-order valence-electron chi connectivity index (χ2n) is 9.96. The number of aromatic nitrogens is 3. The molecule has 4 rings (SSSR count). The van der Waals surface area contributed by atoms with Gasteiger partial charge in [-0.3, -0.25) is 14.0 Å². The minimum Gasteiger partial charge on any atom is -0.397 e. The maximum absolute atomic E-state index is 13.0. The Morgan fingerprint density at radius 2 is 1.79 bits per heavy atom. The number of Topliss-reactive ketones (excluding diaryl/α,β-unsaturated/α-hetero) is 1. The van der Waals surface area contributed by atoms with E-state index in [0.29, 0.717) is 53.5 Å². The van der Waals surface area contributed by atoms with Crippen molar-refractivity contribution in [3.8, 4) is 11.3 Å². The smallest absolute Gasteiger partial charge is 0.256 e. The van der Waals surface area contributed by atoms with E-state index in [-0.39, 0.29) is 17.6 Å². The summed E-state index contributed by atoms with van der Waals surface area (Å²) in [6.07, 6.45) is 6.74. The largest absolute Gasteiger partial charge is 0.397 e. The Morgan fingerprint density at radius 1 is 1.03 bits per heavy atom. The van der Waals surface area contributed by atoms with Gasteiger partial charge in [0.1, 0.15) is 5.82 Å². The SMILES string of the molecule is CCCCc1cccc(NC(=O)c2ccc(-c3nc(C(=O)CCCN)n4ccc(C(C)CC)c(N)c34)cc2)n1. The van der Waals surface area contributed by atoms with Crippen LogP contribution in [0.2, 0.25) is 0 Å². The molecule has 39 heavy (non-hydrogen) atoms. The molecule has 0 saturated carbocycles. The molecule has 0 aliphatic heterocycles. The van der Waals surface area contributed by atoms with Crippen molar-refractivity contribution in [1.29, 1.82) is 0 Å². The molecule has 3 aromatic heterocycles. The zero-order valence-corrected chi connectivity index (χ0v) is 23.0. The van der Waals surface area contributed by atoms with E-state index in [4.69, 9.17) is 16.5 Å². The number of hydrogen-bond donors (Lipinski definition) is 3. The Kier molecular flexibility index (Phi) is 9.09. The summed E-state index contributed by atoms with van der Waals surface area (Å²) < 4.78 is 1.78. The lowest BCUT2D eigenvalue weighted by Gasteiger charge is -2.14. The third-order valence-electron chi connectivity index (χ3n) is 7.14. The maximum Gasteiger partial charge on any atom is 0.256 e. The molecule has 0 spiro atoms. The molecule has 0 saturated heterocycles. The summed E-state index contributed by atoms with van der Waals surface area (Å²) >= 11 is 0. The first-order valence-corrected chi connectivity index (χ1v) is 13.8. The van der Waals surface area contributed by atoms with E-state index in [0.717, 1.165) is 42.5 Å². The minimum absolute atomic E-state index is 0.0814. The summed E-state index contributed by atoms with van der Waals surface area (Å²) in [6.45, 7) is 6.83. The lowest BCUT2D eigenvalue weighted by Crippen LogP contribution is -2.13. The summed E-state index contributed by atoms with van der Waals surface area (Å²) in [7, 11) is 0. The number of fused-ring (bicyclic) bond motifs is 1. The highest BCUT2D eigenvalue weighted by molar-refractivity contribution is 6.04. The molecule has 1 atom stereocenters. The first kappa shape index (κ1) is 28.0. The number of nitrogens with one attached hydrogen (secondary N) is 1. The Labute approximate surface area is 229 Å². The standard InChI is InChI=1S/C31H38N6O2/c1-4-6-9-23-10-7-12-26(34-23)35-31(39)22-15-13-21(14-16-22)28-29-27(33)24(20(3)5-2)17-19-37(29)30(36-28)25(38)11-8-18-32/h7,10,12-17,19-20H,4-6,8-9,11,18,32-33H2,1-3H3,(H,34,35,39). The molecular formula is C31H38N6O2. The number of carbonyl (C=O) groups excluding carboxylic acids is 2. The van der Waals surface area contributed by atoms with Gasteiger partial charge in [0.25, 0.3) is 5.91 Å². The Morgan fingerprint density at radius 3 is 2.49 bits per heavy atom. The summed E-state index contributed by atoms with van der Waals surface area (Å²) in [5.41, 5.74) is 17.5. The number of pyridine rings is 2. The molecule has 3 heterocycles. The van der Waals surface area contributed by atoms with Crippen molar-refractivity contribution in [2.24, 2.45) is 5.73 Å². The van der Waals surface area contributed by atoms with E-state index in [1.807, 2.05) is 36.5 Å². The van der Waals surface area contributed by atoms with Gasteiger partial charge in [-0.15, -0.1) is 0 Å². The van der Waals surface area contributed by atoms with Crippen LogP contribution in [0.25, 0.3) is 16.8 Å². The summed E-state index contributed by atoms with van der Waals surface area (Å²) in [5.74, 6) is 0.805. The second-order valence-corrected chi connectivity index (χ2v) is 9.96. The van der Waals surface area contributed by atoms with Crippen LogP contribution < -0.4 is 16.8 Å². The number of anilines is 2. The van der Waals surface area contributed by atoms with Gasteiger partial charge < -0.3 is 16.8 Å². The van der Waals surface area contributed by atoms with Crippen LogP contribution in [0.3, 0.4) is 0 Å². The minimum atomic E-state index is -0.243. The number of nitrogens with two attached hydrogens (primary N) is 2. The lowest BCUT2D eigenvalue weighted by atomic mass is 9.96. The van der Waals surface area contributed by atoms with Crippen LogP contribution >= 0.6 is 0 Å². The fourth-order valence-corrected chi connectivity index (χ4v) is 4.65. The predicted octanol–water partition coefficient (Wildman–Crippen LogP) is 6.01. The molecule has 8 nitrogen and oxygen atoms in total. The van der Waals surface area contributed by atoms with Crippen molar-refractivity contribution in [3.63, 3.8) is 0 Å². The van der Waals surface area contributed by atoms with Gasteiger partial charge in [-0.1, -0.05) is 45.4 Å². The fraction of sp³-hybridized carbons (Fsp3) is 0.355. The van der Waals surface area contributed by atoms with Gasteiger partial charge >= 0.3 is 0 Å². The van der Waals surface area contributed by atoms with E-state index in [1.165, 1.54) is 0 Å². The van der Waals surface area contributed by atoms with Gasteiger partial charge in [0.15, 0.2) is 11.6 Å². The number of aryl methyl sites for hydroxylation is 1. The van der Waals surface area contributed by atoms with E-state index in [9.17, 15) is 9.59 Å². The van der Waals surface area contributed by atoms with E-state index in [2.05, 4.69) is 31.1 Å².